The van der Waals surface area contributed by atoms with Crippen LogP contribution in [0.15, 0.2) is 0 Å². The normalized spacial score (nSPS) is 27.5. The Kier molecular flexibility index (Phi) is 6.29. The van der Waals surface area contributed by atoms with Gasteiger partial charge in [-0.1, -0.05) is 0 Å². The molecule has 1 fully saturated rings. The van der Waals surface area contributed by atoms with Crippen molar-refractivity contribution in [2.45, 2.75) is 45.2 Å². The van der Waals surface area contributed by atoms with E-state index in [1.807, 2.05) is 0 Å². The molecule has 0 aliphatic carbocycles. The largest absolute Gasteiger partial charge is 0.467 e. The van der Waals surface area contributed by atoms with Crippen LogP contribution in [0.25, 0.3) is 0 Å². The molecule has 0 spiro atoms. The Balaban J connectivity index is 3.09. The standard InChI is InChI=1S/C13H18O9/c1-6(14)20-9-5-19-12(13(17)18-4)11(22-8(3)16)10(9)21-7(2)15/h9-12H,5H2,1-4H3/t9-,10+,11-,12-/m0/s1. The molecule has 1 aliphatic heterocycles. The molecule has 9 heteroatoms. The van der Waals surface area contributed by atoms with Gasteiger partial charge in [0.1, 0.15) is 0 Å². The molecule has 0 aromatic heterocycles. The quantitative estimate of drug-likeness (QED) is 0.492. The number of esters is 4. The van der Waals surface area contributed by atoms with E-state index in [0.717, 1.165) is 27.9 Å². The molecule has 124 valence electrons. The fourth-order valence-electron chi connectivity index (χ4n) is 2.06. The molecular weight excluding hydrogens is 300 g/mol. The summed E-state index contributed by atoms with van der Waals surface area (Å²) in [5, 5.41) is 0. The molecule has 0 amide bonds. The molecule has 0 N–H and O–H groups in total. The van der Waals surface area contributed by atoms with Crippen molar-refractivity contribution < 1.29 is 42.9 Å². The van der Waals surface area contributed by atoms with Gasteiger partial charge in [-0.25, -0.2) is 4.79 Å². The third-order valence-corrected chi connectivity index (χ3v) is 2.78. The van der Waals surface area contributed by atoms with Gasteiger partial charge >= 0.3 is 23.9 Å². The van der Waals surface area contributed by atoms with E-state index in [2.05, 4.69) is 4.74 Å². The van der Waals surface area contributed by atoms with E-state index >= 15 is 0 Å². The Labute approximate surface area is 126 Å². The van der Waals surface area contributed by atoms with Gasteiger partial charge < -0.3 is 23.7 Å². The van der Waals surface area contributed by atoms with Gasteiger partial charge in [-0.05, 0) is 0 Å². The molecule has 0 bridgehead atoms. The Bertz CT molecular complexity index is 458. The summed E-state index contributed by atoms with van der Waals surface area (Å²) in [4.78, 5) is 45.4. The smallest absolute Gasteiger partial charge is 0.339 e. The first-order valence-electron chi connectivity index (χ1n) is 6.47. The first kappa shape index (κ1) is 17.9. The highest BCUT2D eigenvalue weighted by molar-refractivity contribution is 5.77. The van der Waals surface area contributed by atoms with E-state index in [4.69, 9.17) is 18.9 Å². The second-order valence-corrected chi connectivity index (χ2v) is 4.57. The summed E-state index contributed by atoms with van der Waals surface area (Å²) >= 11 is 0. The molecule has 0 aromatic carbocycles. The van der Waals surface area contributed by atoms with Crippen molar-refractivity contribution in [2.75, 3.05) is 13.7 Å². The molecule has 9 nitrogen and oxygen atoms in total. The number of carbonyl (C=O) groups is 4. The fraction of sp³-hybridized carbons (Fsp3) is 0.692. The Hall–Kier alpha value is -2.16. The minimum Gasteiger partial charge on any atom is -0.467 e. The van der Waals surface area contributed by atoms with E-state index in [1.165, 1.54) is 0 Å². The van der Waals surface area contributed by atoms with Crippen molar-refractivity contribution in [3.05, 3.63) is 0 Å². The molecule has 0 radical (unpaired) electrons. The number of rotatable bonds is 4. The first-order valence-corrected chi connectivity index (χ1v) is 6.47. The van der Waals surface area contributed by atoms with Crippen LogP contribution in [0.2, 0.25) is 0 Å². The lowest BCUT2D eigenvalue weighted by atomic mass is 9.99. The number of ether oxygens (including phenoxy) is 5. The maximum atomic E-state index is 11.7. The molecule has 1 aliphatic rings. The van der Waals surface area contributed by atoms with Crippen molar-refractivity contribution in [2.24, 2.45) is 0 Å². The van der Waals surface area contributed by atoms with Crippen LogP contribution in [0.5, 0.6) is 0 Å². The predicted molar refractivity (Wildman–Crippen MR) is 68.4 cm³/mol. The monoisotopic (exact) mass is 318 g/mol. The second kappa shape index (κ2) is 7.74. The Morgan fingerprint density at radius 1 is 0.864 bits per heavy atom. The number of carbonyl (C=O) groups excluding carboxylic acids is 4. The molecule has 1 saturated heterocycles. The van der Waals surface area contributed by atoms with Crippen LogP contribution in [0.1, 0.15) is 20.8 Å². The van der Waals surface area contributed by atoms with Crippen LogP contribution in [0.3, 0.4) is 0 Å². The minimum absolute atomic E-state index is 0.213. The zero-order chi connectivity index (χ0) is 16.9. The topological polar surface area (TPSA) is 114 Å². The van der Waals surface area contributed by atoms with Crippen molar-refractivity contribution in [3.8, 4) is 0 Å². The molecule has 0 saturated carbocycles. The second-order valence-electron chi connectivity index (χ2n) is 4.57. The zero-order valence-electron chi connectivity index (χ0n) is 12.7. The molecule has 0 aromatic rings. The lowest BCUT2D eigenvalue weighted by molar-refractivity contribution is -0.229. The number of hydrogen-bond acceptors (Lipinski definition) is 9. The lowest BCUT2D eigenvalue weighted by Crippen LogP contribution is -2.59. The van der Waals surface area contributed by atoms with Crippen molar-refractivity contribution >= 4 is 23.9 Å². The average Bonchev–Trinajstić information content (AvgIpc) is 2.40. The SMILES string of the molecule is COC(=O)[C@H]1OC[C@H](OC(C)=O)[C@@H](OC(C)=O)[C@@H]1OC(C)=O. The van der Waals surface area contributed by atoms with Gasteiger partial charge in [0.05, 0.1) is 13.7 Å². The summed E-state index contributed by atoms with van der Waals surface area (Å²) in [6.45, 7) is 3.21. The van der Waals surface area contributed by atoms with E-state index < -0.39 is 48.3 Å². The van der Waals surface area contributed by atoms with E-state index in [9.17, 15) is 19.2 Å². The highest BCUT2D eigenvalue weighted by atomic mass is 16.7. The third-order valence-electron chi connectivity index (χ3n) is 2.78. The van der Waals surface area contributed by atoms with Crippen LogP contribution >= 0.6 is 0 Å². The maximum Gasteiger partial charge on any atom is 0.339 e. The molecule has 22 heavy (non-hydrogen) atoms. The summed E-state index contributed by atoms with van der Waals surface area (Å²) in [6, 6.07) is 0. The number of methoxy groups -OCH3 is 1. The Morgan fingerprint density at radius 2 is 1.36 bits per heavy atom. The van der Waals surface area contributed by atoms with Gasteiger partial charge in [-0.15, -0.1) is 0 Å². The van der Waals surface area contributed by atoms with Crippen molar-refractivity contribution in [1.82, 2.24) is 0 Å². The van der Waals surface area contributed by atoms with Gasteiger partial charge in [0, 0.05) is 20.8 Å². The van der Waals surface area contributed by atoms with Gasteiger partial charge in [0.15, 0.2) is 24.4 Å². The summed E-state index contributed by atoms with van der Waals surface area (Å²) < 4.78 is 24.9. The van der Waals surface area contributed by atoms with Crippen LogP contribution in [0, 0.1) is 0 Å². The van der Waals surface area contributed by atoms with E-state index in [1.54, 1.807) is 0 Å². The molecule has 1 rings (SSSR count). The first-order chi connectivity index (χ1) is 10.3. The predicted octanol–water partition coefficient (Wildman–Crippen LogP) is -0.647. The van der Waals surface area contributed by atoms with Crippen molar-refractivity contribution in [3.63, 3.8) is 0 Å². The highest BCUT2D eigenvalue weighted by Gasteiger charge is 2.50. The zero-order valence-corrected chi connectivity index (χ0v) is 12.7. The Morgan fingerprint density at radius 3 is 1.82 bits per heavy atom. The lowest BCUT2D eigenvalue weighted by Gasteiger charge is -2.39. The van der Waals surface area contributed by atoms with Gasteiger partial charge in [-0.3, -0.25) is 14.4 Å². The van der Waals surface area contributed by atoms with Crippen LogP contribution in [-0.2, 0) is 42.9 Å². The van der Waals surface area contributed by atoms with Crippen LogP contribution < -0.4 is 0 Å². The average molecular weight is 318 g/mol. The summed E-state index contributed by atoms with van der Waals surface area (Å²) in [7, 11) is 1.13. The van der Waals surface area contributed by atoms with Gasteiger partial charge in [-0.2, -0.15) is 0 Å². The third kappa shape index (κ3) is 4.69. The molecule has 0 unspecified atom stereocenters. The highest BCUT2D eigenvalue weighted by Crippen LogP contribution is 2.25. The minimum atomic E-state index is -1.29. The van der Waals surface area contributed by atoms with Gasteiger partial charge in [0.25, 0.3) is 0 Å². The van der Waals surface area contributed by atoms with E-state index in [-0.39, 0.29) is 6.61 Å². The summed E-state index contributed by atoms with van der Waals surface area (Å²) in [5.41, 5.74) is 0. The molecule has 1 heterocycles. The van der Waals surface area contributed by atoms with Crippen LogP contribution in [-0.4, -0.2) is 62.0 Å². The summed E-state index contributed by atoms with van der Waals surface area (Å²) in [6.07, 6.45) is -4.76. The maximum absolute atomic E-state index is 11.7. The molecule has 4 atom stereocenters. The fourth-order valence-corrected chi connectivity index (χ4v) is 2.06. The van der Waals surface area contributed by atoms with Gasteiger partial charge in [0.2, 0.25) is 0 Å². The molecular formula is C13H18O9. The van der Waals surface area contributed by atoms with E-state index in [0.29, 0.717) is 0 Å². The number of hydrogen-bond donors (Lipinski definition) is 0. The summed E-state index contributed by atoms with van der Waals surface area (Å²) in [5.74, 6) is -2.85. The van der Waals surface area contributed by atoms with Crippen LogP contribution in [0.4, 0.5) is 0 Å². The van der Waals surface area contributed by atoms with Crippen molar-refractivity contribution in [1.29, 1.82) is 0 Å².